The molecule has 9 heteroatoms. The van der Waals surface area contributed by atoms with Crippen molar-refractivity contribution in [3.63, 3.8) is 0 Å². The number of aromatic nitrogens is 1. The second-order valence-corrected chi connectivity index (χ2v) is 13.8. The molecule has 0 aliphatic carbocycles. The molecule has 0 bridgehead atoms. The third-order valence-corrected chi connectivity index (χ3v) is 8.92. The van der Waals surface area contributed by atoms with Gasteiger partial charge in [-0.3, -0.25) is 9.69 Å². The third-order valence-electron chi connectivity index (χ3n) is 7.06. The van der Waals surface area contributed by atoms with Gasteiger partial charge in [0.1, 0.15) is 16.7 Å². The van der Waals surface area contributed by atoms with Crippen molar-refractivity contribution in [3.05, 3.63) is 52.7 Å². The summed E-state index contributed by atoms with van der Waals surface area (Å²) in [6.45, 7) is 9.89. The van der Waals surface area contributed by atoms with Crippen LogP contribution in [0.3, 0.4) is 0 Å². The van der Waals surface area contributed by atoms with Gasteiger partial charge in [0.25, 0.3) is 5.91 Å². The predicted molar refractivity (Wildman–Crippen MR) is 156 cm³/mol. The van der Waals surface area contributed by atoms with Crippen molar-refractivity contribution in [1.29, 1.82) is 0 Å². The van der Waals surface area contributed by atoms with E-state index in [4.69, 9.17) is 4.98 Å². The number of nitrogens with zero attached hydrogens (tertiary/aromatic N) is 5. The lowest BCUT2D eigenvalue weighted by atomic mass is 9.95. The number of piperazine rings is 1. The summed E-state index contributed by atoms with van der Waals surface area (Å²) in [5.74, 6) is 6.34. The Morgan fingerprint density at radius 3 is 2.54 bits per heavy atom. The molecular formula is C30H41N5O3S. The van der Waals surface area contributed by atoms with Crippen LogP contribution in [0, 0.1) is 11.8 Å². The van der Waals surface area contributed by atoms with Gasteiger partial charge in [-0.15, -0.1) is 0 Å². The fourth-order valence-electron chi connectivity index (χ4n) is 5.01. The van der Waals surface area contributed by atoms with Gasteiger partial charge in [0.15, 0.2) is 0 Å². The number of benzene rings is 1. The van der Waals surface area contributed by atoms with Crippen LogP contribution in [0.2, 0.25) is 0 Å². The van der Waals surface area contributed by atoms with Gasteiger partial charge >= 0.3 is 0 Å². The van der Waals surface area contributed by atoms with Crippen molar-refractivity contribution < 1.29 is 14.1 Å². The van der Waals surface area contributed by atoms with Crippen molar-refractivity contribution in [2.45, 2.75) is 44.5 Å². The topological polar surface area (TPSA) is 80.2 Å². The van der Waals surface area contributed by atoms with Crippen LogP contribution in [0.25, 0.3) is 11.3 Å². The number of rotatable bonds is 6. The quantitative estimate of drug-likeness (QED) is 0.557. The largest absolute Gasteiger partial charge is 0.396 e. The zero-order valence-corrected chi connectivity index (χ0v) is 24.8. The van der Waals surface area contributed by atoms with Crippen molar-refractivity contribution in [1.82, 2.24) is 24.0 Å². The van der Waals surface area contributed by atoms with Crippen molar-refractivity contribution in [3.8, 4) is 23.1 Å². The van der Waals surface area contributed by atoms with Crippen LogP contribution in [0.1, 0.15) is 60.4 Å². The standard InChI is InChI=1S/C30H41N5O3S/c1-30(2,3)39(38)35-21-24-20-25(29(37)34-16-14-33(6)15-17-34)31-28(27(24)26(35)12-18-36)23-11-7-9-22(19-23)10-8-13-32(4)5/h7,9,11,19-20,26,36H,12-18,21H2,1-6H3/t26-,39-/m1/s1. The van der Waals surface area contributed by atoms with Gasteiger partial charge in [0.05, 0.1) is 23.0 Å². The number of likely N-dealkylation sites (N-methyl/N-ethyl adjacent to an activating group) is 1. The van der Waals surface area contributed by atoms with Crippen LogP contribution >= 0.6 is 0 Å². The lowest BCUT2D eigenvalue weighted by Gasteiger charge is -2.32. The van der Waals surface area contributed by atoms with E-state index in [-0.39, 0.29) is 18.6 Å². The number of amides is 1. The minimum atomic E-state index is -1.31. The summed E-state index contributed by atoms with van der Waals surface area (Å²) >= 11 is 0. The van der Waals surface area contributed by atoms with E-state index in [1.807, 2.05) is 79.3 Å². The summed E-state index contributed by atoms with van der Waals surface area (Å²) in [4.78, 5) is 24.7. The Balaban J connectivity index is 1.83. The SMILES string of the molecule is CN(C)CC#Cc1cccc(-c2nc(C(=O)N3CCN(C)CC3)cc3c2[C@@H](CCO)N([S@](=O)C(C)(C)C)C3)c1. The minimum Gasteiger partial charge on any atom is -0.396 e. The third kappa shape index (κ3) is 6.76. The highest BCUT2D eigenvalue weighted by Gasteiger charge is 2.40. The number of hydrogen-bond donors (Lipinski definition) is 1. The Hall–Kier alpha value is -2.61. The Morgan fingerprint density at radius 1 is 1.18 bits per heavy atom. The average molecular weight is 552 g/mol. The van der Waals surface area contributed by atoms with E-state index in [1.165, 1.54) is 0 Å². The highest BCUT2D eigenvalue weighted by atomic mass is 32.2. The molecule has 39 heavy (non-hydrogen) atoms. The Morgan fingerprint density at radius 2 is 1.90 bits per heavy atom. The van der Waals surface area contributed by atoms with Gasteiger partial charge < -0.3 is 14.9 Å². The zero-order valence-electron chi connectivity index (χ0n) is 24.0. The van der Waals surface area contributed by atoms with Crippen molar-refractivity contribution in [2.24, 2.45) is 0 Å². The molecule has 0 saturated carbocycles. The molecule has 0 unspecified atom stereocenters. The highest BCUT2D eigenvalue weighted by molar-refractivity contribution is 7.84. The summed E-state index contributed by atoms with van der Waals surface area (Å²) in [5.41, 5.74) is 4.72. The minimum absolute atomic E-state index is 0.0422. The molecule has 1 aromatic carbocycles. The van der Waals surface area contributed by atoms with Gasteiger partial charge in [0, 0.05) is 56.0 Å². The fourth-order valence-corrected chi connectivity index (χ4v) is 6.42. The molecule has 2 aliphatic rings. The van der Waals surface area contributed by atoms with Gasteiger partial charge in [-0.25, -0.2) is 13.5 Å². The van der Waals surface area contributed by atoms with E-state index in [0.29, 0.717) is 44.0 Å². The number of aliphatic hydroxyl groups is 1. The normalized spacial score (nSPS) is 19.1. The first-order chi connectivity index (χ1) is 18.5. The molecule has 1 aromatic heterocycles. The first kappa shape index (κ1) is 29.4. The van der Waals surface area contributed by atoms with Crippen LogP contribution < -0.4 is 0 Å². The summed E-state index contributed by atoms with van der Waals surface area (Å²) in [5, 5.41) is 10.0. The Labute approximate surface area is 235 Å². The Bertz CT molecular complexity index is 1290. The molecular weight excluding hydrogens is 510 g/mol. The summed E-state index contributed by atoms with van der Waals surface area (Å²) < 4.78 is 15.1. The molecule has 1 fully saturated rings. The van der Waals surface area contributed by atoms with Gasteiger partial charge in [-0.1, -0.05) is 24.0 Å². The molecule has 1 amide bonds. The maximum atomic E-state index is 13.6. The van der Waals surface area contributed by atoms with E-state index < -0.39 is 15.7 Å². The lowest BCUT2D eigenvalue weighted by Crippen LogP contribution is -2.47. The molecule has 1 saturated heterocycles. The highest BCUT2D eigenvalue weighted by Crippen LogP contribution is 2.44. The Kier molecular flexibility index (Phi) is 9.25. The van der Waals surface area contributed by atoms with E-state index in [2.05, 4.69) is 23.8 Å². The average Bonchev–Trinajstić information content (AvgIpc) is 3.25. The predicted octanol–water partition coefficient (Wildman–Crippen LogP) is 2.75. The van der Waals surface area contributed by atoms with E-state index >= 15 is 0 Å². The summed E-state index contributed by atoms with van der Waals surface area (Å²) in [6.07, 6.45) is 0.428. The fraction of sp³-hybridized carbons (Fsp3) is 0.533. The van der Waals surface area contributed by atoms with Gasteiger partial charge in [-0.05, 0) is 72.1 Å². The number of pyridine rings is 1. The maximum Gasteiger partial charge on any atom is 0.272 e. The van der Waals surface area contributed by atoms with Crippen molar-refractivity contribution in [2.75, 3.05) is 60.5 Å². The molecule has 0 spiro atoms. The zero-order chi connectivity index (χ0) is 28.3. The summed E-state index contributed by atoms with van der Waals surface area (Å²) in [7, 11) is 4.72. The number of carbonyl (C=O) groups excluding carboxylic acids is 1. The second kappa shape index (κ2) is 12.3. The molecule has 0 radical (unpaired) electrons. The number of aliphatic hydroxyl groups excluding tert-OH is 1. The first-order valence-electron chi connectivity index (χ1n) is 13.5. The number of carbonyl (C=O) groups is 1. The molecule has 8 nitrogen and oxygen atoms in total. The van der Waals surface area contributed by atoms with Crippen LogP contribution in [-0.4, -0.2) is 104 Å². The molecule has 210 valence electrons. The monoisotopic (exact) mass is 551 g/mol. The molecule has 2 aliphatic heterocycles. The second-order valence-electron chi connectivity index (χ2n) is 11.6. The molecule has 2 atom stereocenters. The van der Waals surface area contributed by atoms with E-state index in [9.17, 15) is 14.1 Å². The van der Waals surface area contributed by atoms with Crippen LogP contribution in [0.15, 0.2) is 30.3 Å². The van der Waals surface area contributed by atoms with Crippen LogP contribution in [0.4, 0.5) is 0 Å². The van der Waals surface area contributed by atoms with E-state index in [1.54, 1.807) is 0 Å². The smallest absolute Gasteiger partial charge is 0.272 e. The van der Waals surface area contributed by atoms with Crippen molar-refractivity contribution >= 4 is 16.9 Å². The van der Waals surface area contributed by atoms with E-state index in [0.717, 1.165) is 35.3 Å². The molecule has 1 N–H and O–H groups in total. The van der Waals surface area contributed by atoms with Crippen LogP contribution in [0.5, 0.6) is 0 Å². The molecule has 3 heterocycles. The summed E-state index contributed by atoms with van der Waals surface area (Å²) in [6, 6.07) is 9.53. The maximum absolute atomic E-state index is 13.6. The first-order valence-corrected chi connectivity index (χ1v) is 14.7. The molecule has 4 rings (SSSR count). The number of hydrogen-bond acceptors (Lipinski definition) is 6. The lowest BCUT2D eigenvalue weighted by molar-refractivity contribution is 0.0658. The molecule has 2 aromatic rings. The number of fused-ring (bicyclic) bond motifs is 1. The van der Waals surface area contributed by atoms with Gasteiger partial charge in [0.2, 0.25) is 0 Å². The van der Waals surface area contributed by atoms with Gasteiger partial charge in [-0.2, -0.15) is 0 Å². The van der Waals surface area contributed by atoms with Crippen LogP contribution in [-0.2, 0) is 17.5 Å².